The molecule has 9 heteroatoms. The molecule has 0 saturated carbocycles. The Balaban J connectivity index is 1.61. The van der Waals surface area contributed by atoms with Crippen molar-refractivity contribution in [3.8, 4) is 11.1 Å². The number of nitrogens with one attached hydrogen (secondary N) is 2. The summed E-state index contributed by atoms with van der Waals surface area (Å²) in [5.41, 5.74) is 2.80. The van der Waals surface area contributed by atoms with Gasteiger partial charge < -0.3 is 15.4 Å². The van der Waals surface area contributed by atoms with E-state index in [4.69, 9.17) is 27.9 Å². The van der Waals surface area contributed by atoms with E-state index in [0.29, 0.717) is 27.2 Å². The molecule has 154 valence electrons. The lowest BCUT2D eigenvalue weighted by Gasteiger charge is -2.11. The fraction of sp³-hybridized carbons (Fsp3) is 0.190. The molecule has 2 amide bonds. The Kier molecular flexibility index (Phi) is 5.76. The van der Waals surface area contributed by atoms with Gasteiger partial charge in [-0.05, 0) is 23.8 Å². The molecule has 0 spiro atoms. The number of carbonyl (C=O) groups is 2. The van der Waals surface area contributed by atoms with Crippen molar-refractivity contribution in [2.45, 2.75) is 19.1 Å². The lowest BCUT2D eigenvalue weighted by atomic mass is 10.1. The maximum atomic E-state index is 12.6. The highest BCUT2D eigenvalue weighted by Crippen LogP contribution is 2.39. The van der Waals surface area contributed by atoms with E-state index in [1.165, 1.54) is 6.07 Å². The maximum Gasteiger partial charge on any atom is 0.251 e. The molecule has 0 radical (unpaired) electrons. The molecule has 1 aliphatic rings. The van der Waals surface area contributed by atoms with Gasteiger partial charge in [-0.15, -0.1) is 0 Å². The molecule has 3 aromatic rings. The summed E-state index contributed by atoms with van der Waals surface area (Å²) < 4.78 is 6.84. The lowest BCUT2D eigenvalue weighted by molar-refractivity contribution is -0.123. The third-order valence-electron chi connectivity index (χ3n) is 4.75. The van der Waals surface area contributed by atoms with E-state index < -0.39 is 6.04 Å². The van der Waals surface area contributed by atoms with Crippen LogP contribution in [0.5, 0.6) is 0 Å². The molecular weight excluding hydrogens is 427 g/mol. The molecule has 2 aromatic carbocycles. The van der Waals surface area contributed by atoms with Gasteiger partial charge in [0.2, 0.25) is 5.91 Å². The van der Waals surface area contributed by atoms with Crippen molar-refractivity contribution in [2.75, 3.05) is 17.7 Å². The quantitative estimate of drug-likeness (QED) is 0.584. The van der Waals surface area contributed by atoms with Gasteiger partial charge in [-0.3, -0.25) is 9.59 Å². The molecule has 4 rings (SSSR count). The summed E-state index contributed by atoms with van der Waals surface area (Å²) in [5.74, 6) is -0.103. The number of nitrogens with zero attached hydrogens (tertiary/aromatic N) is 2. The molecule has 1 aliphatic heterocycles. The Morgan fingerprint density at radius 3 is 2.70 bits per heavy atom. The minimum Gasteiger partial charge on any atom is -0.378 e. The number of rotatable bonds is 6. The number of hydrogen-bond donors (Lipinski definition) is 2. The monoisotopic (exact) mass is 444 g/mol. The standard InChI is InChI=1S/C21H18Cl2N4O3/c1-30-11-16-19(12-5-3-2-4-6-12)20-25-21(29)17(27(20)26-16)10-18(28)24-15-8-7-13(22)9-14(15)23/h2-9,17H,10-11H2,1H3,(H,24,28)(H,25,29). The number of amides is 2. The van der Waals surface area contributed by atoms with E-state index in [1.54, 1.807) is 23.9 Å². The number of halogens is 2. The van der Waals surface area contributed by atoms with Crippen molar-refractivity contribution in [1.82, 2.24) is 9.78 Å². The van der Waals surface area contributed by atoms with Crippen molar-refractivity contribution < 1.29 is 14.3 Å². The average molecular weight is 445 g/mol. The van der Waals surface area contributed by atoms with Crippen molar-refractivity contribution in [2.24, 2.45) is 0 Å². The first-order valence-electron chi connectivity index (χ1n) is 9.19. The van der Waals surface area contributed by atoms with Gasteiger partial charge in [0.05, 0.1) is 29.4 Å². The fourth-order valence-corrected chi connectivity index (χ4v) is 3.89. The number of hydrogen-bond acceptors (Lipinski definition) is 4. The Hall–Kier alpha value is -2.87. The van der Waals surface area contributed by atoms with E-state index in [-0.39, 0.29) is 24.8 Å². The van der Waals surface area contributed by atoms with Crippen LogP contribution < -0.4 is 10.6 Å². The highest BCUT2D eigenvalue weighted by Gasteiger charge is 2.37. The second-order valence-electron chi connectivity index (χ2n) is 6.80. The summed E-state index contributed by atoms with van der Waals surface area (Å²) in [7, 11) is 1.58. The summed E-state index contributed by atoms with van der Waals surface area (Å²) in [6, 6.07) is 13.6. The molecule has 2 heterocycles. The smallest absolute Gasteiger partial charge is 0.251 e. The Morgan fingerprint density at radius 1 is 1.23 bits per heavy atom. The molecule has 0 fully saturated rings. The van der Waals surface area contributed by atoms with Gasteiger partial charge in [0, 0.05) is 17.7 Å². The third kappa shape index (κ3) is 3.92. The molecule has 1 unspecified atom stereocenters. The molecule has 1 aromatic heterocycles. The van der Waals surface area contributed by atoms with E-state index in [9.17, 15) is 9.59 Å². The van der Waals surface area contributed by atoms with Crippen LogP contribution in [-0.2, 0) is 20.9 Å². The summed E-state index contributed by atoms with van der Waals surface area (Å²) in [4.78, 5) is 25.2. The largest absolute Gasteiger partial charge is 0.378 e. The van der Waals surface area contributed by atoms with Crippen LogP contribution >= 0.6 is 23.2 Å². The molecule has 0 saturated heterocycles. The van der Waals surface area contributed by atoms with Crippen LogP contribution in [-0.4, -0.2) is 28.7 Å². The highest BCUT2D eigenvalue weighted by atomic mass is 35.5. The molecular formula is C21H18Cl2N4O3. The third-order valence-corrected chi connectivity index (χ3v) is 5.30. The maximum absolute atomic E-state index is 12.6. The number of fused-ring (bicyclic) bond motifs is 1. The van der Waals surface area contributed by atoms with Crippen LogP contribution in [0, 0.1) is 0 Å². The molecule has 0 bridgehead atoms. The number of ether oxygens (including phenoxy) is 1. The minimum atomic E-state index is -0.779. The zero-order valence-electron chi connectivity index (χ0n) is 16.0. The SMILES string of the molecule is COCc1nn2c(c1-c1ccccc1)NC(=O)C2CC(=O)Nc1ccc(Cl)cc1Cl. The Morgan fingerprint density at radius 2 is 2.00 bits per heavy atom. The predicted octanol–water partition coefficient (Wildman–Crippen LogP) is 4.53. The second kappa shape index (κ2) is 8.47. The second-order valence-corrected chi connectivity index (χ2v) is 7.64. The topological polar surface area (TPSA) is 85.2 Å². The van der Waals surface area contributed by atoms with Crippen LogP contribution in [0.3, 0.4) is 0 Å². The normalized spacial score (nSPS) is 15.0. The van der Waals surface area contributed by atoms with Gasteiger partial charge in [0.15, 0.2) is 0 Å². The first-order valence-corrected chi connectivity index (χ1v) is 9.95. The van der Waals surface area contributed by atoms with Gasteiger partial charge in [-0.1, -0.05) is 53.5 Å². The van der Waals surface area contributed by atoms with Crippen LogP contribution in [0.15, 0.2) is 48.5 Å². The summed E-state index contributed by atoms with van der Waals surface area (Å²) in [6.45, 7) is 0.277. The van der Waals surface area contributed by atoms with Gasteiger partial charge in [0.1, 0.15) is 11.9 Å². The van der Waals surface area contributed by atoms with Crippen LogP contribution in [0.25, 0.3) is 11.1 Å². The van der Waals surface area contributed by atoms with Gasteiger partial charge in [-0.2, -0.15) is 5.10 Å². The zero-order chi connectivity index (χ0) is 21.3. The highest BCUT2D eigenvalue weighted by molar-refractivity contribution is 6.36. The first kappa shape index (κ1) is 20.4. The van der Waals surface area contributed by atoms with Crippen LogP contribution in [0.2, 0.25) is 10.0 Å². The van der Waals surface area contributed by atoms with E-state index >= 15 is 0 Å². The molecule has 1 atom stereocenters. The van der Waals surface area contributed by atoms with Crippen molar-refractivity contribution in [1.29, 1.82) is 0 Å². The van der Waals surface area contributed by atoms with Crippen LogP contribution in [0.4, 0.5) is 11.5 Å². The predicted molar refractivity (Wildman–Crippen MR) is 116 cm³/mol. The van der Waals surface area contributed by atoms with E-state index in [2.05, 4.69) is 15.7 Å². The van der Waals surface area contributed by atoms with Gasteiger partial charge in [0.25, 0.3) is 5.91 Å². The Bertz CT molecular complexity index is 1110. The minimum absolute atomic E-state index is 0.0971. The Labute approximate surface area is 182 Å². The molecule has 30 heavy (non-hydrogen) atoms. The van der Waals surface area contributed by atoms with Crippen molar-refractivity contribution in [3.05, 3.63) is 64.3 Å². The summed E-state index contributed by atoms with van der Waals surface area (Å²) in [6.07, 6.45) is -0.0971. The lowest BCUT2D eigenvalue weighted by Crippen LogP contribution is -2.24. The summed E-state index contributed by atoms with van der Waals surface area (Å²) >= 11 is 12.0. The number of methoxy groups -OCH3 is 1. The van der Waals surface area contributed by atoms with Crippen LogP contribution in [0.1, 0.15) is 18.2 Å². The fourth-order valence-electron chi connectivity index (χ4n) is 3.43. The number of aromatic nitrogens is 2. The number of anilines is 2. The summed E-state index contributed by atoms with van der Waals surface area (Å²) in [5, 5.41) is 10.9. The van der Waals surface area contributed by atoms with E-state index in [0.717, 1.165) is 11.1 Å². The average Bonchev–Trinajstić information content (AvgIpc) is 3.20. The van der Waals surface area contributed by atoms with E-state index in [1.807, 2.05) is 30.3 Å². The number of carbonyl (C=O) groups excluding carboxylic acids is 2. The van der Waals surface area contributed by atoms with Crippen molar-refractivity contribution >= 4 is 46.5 Å². The first-order chi connectivity index (χ1) is 14.5. The molecule has 7 nitrogen and oxygen atoms in total. The molecule has 2 N–H and O–H groups in total. The van der Waals surface area contributed by atoms with Crippen molar-refractivity contribution in [3.63, 3.8) is 0 Å². The van der Waals surface area contributed by atoms with Gasteiger partial charge >= 0.3 is 0 Å². The zero-order valence-corrected chi connectivity index (χ0v) is 17.5. The number of benzene rings is 2. The van der Waals surface area contributed by atoms with Gasteiger partial charge in [-0.25, -0.2) is 4.68 Å². The molecule has 0 aliphatic carbocycles.